The van der Waals surface area contributed by atoms with Crippen molar-refractivity contribution in [1.82, 2.24) is 4.72 Å². The average Bonchev–Trinajstić information content (AvgIpc) is 2.61. The summed E-state index contributed by atoms with van der Waals surface area (Å²) in [6, 6.07) is 11.5. The van der Waals surface area contributed by atoms with Gasteiger partial charge in [-0.25, -0.2) is 21.6 Å². The van der Waals surface area contributed by atoms with Gasteiger partial charge in [0.1, 0.15) is 0 Å². The third kappa shape index (κ3) is 5.04. The molecule has 0 aliphatic rings. The van der Waals surface area contributed by atoms with Gasteiger partial charge in [-0.3, -0.25) is 4.79 Å². The van der Waals surface area contributed by atoms with E-state index in [0.29, 0.717) is 5.69 Å². The number of hydrogen-bond donors (Lipinski definition) is 2. The Morgan fingerprint density at radius 3 is 2.19 bits per heavy atom. The Labute approximate surface area is 157 Å². The normalized spacial score (nSPS) is 11.9. The summed E-state index contributed by atoms with van der Waals surface area (Å²) in [5.74, 6) is -0.903. The molecule has 0 aliphatic carbocycles. The summed E-state index contributed by atoms with van der Waals surface area (Å²) in [4.78, 5) is 12.0. The fourth-order valence-electron chi connectivity index (χ4n) is 2.09. The van der Waals surface area contributed by atoms with Crippen molar-refractivity contribution in [1.29, 1.82) is 0 Å². The van der Waals surface area contributed by atoms with Crippen molar-refractivity contribution in [2.24, 2.45) is 0 Å². The first kappa shape index (κ1) is 20.4. The maximum absolute atomic E-state index is 12.3. The molecule has 7 nitrogen and oxygen atoms in total. The van der Waals surface area contributed by atoms with Crippen LogP contribution >= 0.6 is 11.6 Å². The first-order valence-corrected chi connectivity index (χ1v) is 11.0. The fourth-order valence-corrected chi connectivity index (χ4v) is 4.64. The average molecular weight is 417 g/mol. The fraction of sp³-hybridized carbons (Fsp3) is 0.188. The molecule has 0 fully saturated rings. The van der Waals surface area contributed by atoms with Gasteiger partial charge in [0, 0.05) is 12.1 Å². The molecule has 26 heavy (non-hydrogen) atoms. The molecule has 0 bridgehead atoms. The highest BCUT2D eigenvalue weighted by atomic mass is 35.5. The van der Waals surface area contributed by atoms with Crippen LogP contribution in [-0.2, 0) is 24.7 Å². The molecule has 2 aromatic rings. The SMILES string of the molecule is CNS(=O)(=O)c1ccc(NC(=O)CCS(=O)(=O)c2ccccc2Cl)cc1. The van der Waals surface area contributed by atoms with E-state index in [2.05, 4.69) is 10.0 Å². The zero-order valence-corrected chi connectivity index (χ0v) is 16.2. The smallest absolute Gasteiger partial charge is 0.240 e. The summed E-state index contributed by atoms with van der Waals surface area (Å²) >= 11 is 5.88. The molecule has 2 aromatic carbocycles. The summed E-state index contributed by atoms with van der Waals surface area (Å²) in [5, 5.41) is 2.63. The second kappa shape index (κ2) is 8.17. The maximum Gasteiger partial charge on any atom is 0.240 e. The Balaban J connectivity index is 2.00. The van der Waals surface area contributed by atoms with Crippen LogP contribution in [0.1, 0.15) is 6.42 Å². The van der Waals surface area contributed by atoms with Crippen LogP contribution in [0.2, 0.25) is 5.02 Å². The van der Waals surface area contributed by atoms with Crippen LogP contribution in [0.4, 0.5) is 5.69 Å². The largest absolute Gasteiger partial charge is 0.326 e. The zero-order chi connectivity index (χ0) is 19.4. The highest BCUT2D eigenvalue weighted by molar-refractivity contribution is 7.91. The number of anilines is 1. The molecule has 0 heterocycles. The van der Waals surface area contributed by atoms with Crippen molar-refractivity contribution in [2.75, 3.05) is 18.1 Å². The van der Waals surface area contributed by atoms with Crippen LogP contribution in [0.15, 0.2) is 58.3 Å². The maximum atomic E-state index is 12.3. The van der Waals surface area contributed by atoms with Crippen molar-refractivity contribution >= 4 is 43.1 Å². The molecular weight excluding hydrogens is 400 g/mol. The summed E-state index contributed by atoms with van der Waals surface area (Å²) in [6.45, 7) is 0. The standard InChI is InChI=1S/C16H17ClN2O5S2/c1-18-26(23,24)13-8-6-12(7-9-13)19-16(20)10-11-25(21,22)15-5-3-2-4-14(15)17/h2-9,18H,10-11H2,1H3,(H,19,20). The van der Waals surface area contributed by atoms with Gasteiger partial charge in [0.2, 0.25) is 15.9 Å². The molecule has 140 valence electrons. The molecule has 2 rings (SSSR count). The summed E-state index contributed by atoms with van der Waals surface area (Å²) in [6.07, 6.45) is -0.260. The number of carbonyl (C=O) groups excluding carboxylic acids is 1. The van der Waals surface area contributed by atoms with Crippen LogP contribution in [0.25, 0.3) is 0 Å². The third-order valence-corrected chi connectivity index (χ3v) is 7.13. The second-order valence-electron chi connectivity index (χ2n) is 5.28. The van der Waals surface area contributed by atoms with Crippen LogP contribution in [0.3, 0.4) is 0 Å². The predicted octanol–water partition coefficient (Wildman–Crippen LogP) is 2.05. The number of sulfonamides is 1. The zero-order valence-electron chi connectivity index (χ0n) is 13.8. The number of benzene rings is 2. The minimum atomic E-state index is -3.69. The van der Waals surface area contributed by atoms with E-state index in [4.69, 9.17) is 11.6 Å². The van der Waals surface area contributed by atoms with E-state index in [0.717, 1.165) is 0 Å². The van der Waals surface area contributed by atoms with Crippen molar-refractivity contribution < 1.29 is 21.6 Å². The molecule has 2 N–H and O–H groups in total. The Bertz CT molecular complexity index is 1000. The van der Waals surface area contributed by atoms with E-state index < -0.39 is 31.5 Å². The van der Waals surface area contributed by atoms with Gasteiger partial charge in [-0.1, -0.05) is 23.7 Å². The molecule has 0 radical (unpaired) electrons. The minimum Gasteiger partial charge on any atom is -0.326 e. The summed E-state index contributed by atoms with van der Waals surface area (Å²) in [7, 11) is -5.95. The van der Waals surface area contributed by atoms with E-state index in [-0.39, 0.29) is 21.2 Å². The Morgan fingerprint density at radius 1 is 1.00 bits per heavy atom. The molecule has 0 unspecified atom stereocenters. The van der Waals surface area contributed by atoms with Gasteiger partial charge in [0.05, 0.1) is 20.6 Å². The highest BCUT2D eigenvalue weighted by Gasteiger charge is 2.19. The van der Waals surface area contributed by atoms with Gasteiger partial charge < -0.3 is 5.32 Å². The van der Waals surface area contributed by atoms with E-state index >= 15 is 0 Å². The molecule has 10 heteroatoms. The number of halogens is 1. The van der Waals surface area contributed by atoms with Crippen molar-refractivity contribution in [3.8, 4) is 0 Å². The van der Waals surface area contributed by atoms with Gasteiger partial charge in [-0.2, -0.15) is 0 Å². The minimum absolute atomic E-state index is 0.0175. The number of amides is 1. The third-order valence-electron chi connectivity index (χ3n) is 3.49. The lowest BCUT2D eigenvalue weighted by Gasteiger charge is -2.08. The van der Waals surface area contributed by atoms with Crippen LogP contribution < -0.4 is 10.0 Å². The van der Waals surface area contributed by atoms with Gasteiger partial charge in [-0.05, 0) is 43.4 Å². The van der Waals surface area contributed by atoms with Crippen molar-refractivity contribution in [3.05, 3.63) is 53.6 Å². The van der Waals surface area contributed by atoms with Gasteiger partial charge in [0.25, 0.3) is 0 Å². The van der Waals surface area contributed by atoms with Crippen LogP contribution in [-0.4, -0.2) is 35.5 Å². The van der Waals surface area contributed by atoms with Crippen LogP contribution in [0, 0.1) is 0 Å². The lowest BCUT2D eigenvalue weighted by atomic mass is 10.3. The van der Waals surface area contributed by atoms with Gasteiger partial charge in [-0.15, -0.1) is 0 Å². The molecule has 0 aliphatic heterocycles. The predicted molar refractivity (Wildman–Crippen MR) is 99.4 cm³/mol. The van der Waals surface area contributed by atoms with Gasteiger partial charge in [0.15, 0.2) is 9.84 Å². The Hall–Kier alpha value is -1.94. The first-order chi connectivity index (χ1) is 12.2. The summed E-state index contributed by atoms with van der Waals surface area (Å²) < 4.78 is 50.0. The molecule has 1 amide bonds. The lowest BCUT2D eigenvalue weighted by molar-refractivity contribution is -0.115. The van der Waals surface area contributed by atoms with E-state index in [9.17, 15) is 21.6 Å². The van der Waals surface area contributed by atoms with Crippen molar-refractivity contribution in [3.63, 3.8) is 0 Å². The second-order valence-corrected chi connectivity index (χ2v) is 9.65. The monoisotopic (exact) mass is 416 g/mol. The topological polar surface area (TPSA) is 109 Å². The molecular formula is C16H17ClN2O5S2. The van der Waals surface area contributed by atoms with E-state index in [1.165, 1.54) is 43.4 Å². The molecule has 0 saturated carbocycles. The van der Waals surface area contributed by atoms with Crippen LogP contribution in [0.5, 0.6) is 0 Å². The van der Waals surface area contributed by atoms with E-state index in [1.807, 2.05) is 0 Å². The van der Waals surface area contributed by atoms with Gasteiger partial charge >= 0.3 is 0 Å². The highest BCUT2D eigenvalue weighted by Crippen LogP contribution is 2.22. The lowest BCUT2D eigenvalue weighted by Crippen LogP contribution is -2.19. The first-order valence-electron chi connectivity index (χ1n) is 7.46. The molecule has 0 spiro atoms. The molecule has 0 atom stereocenters. The number of rotatable bonds is 7. The number of carbonyl (C=O) groups is 1. The molecule has 0 aromatic heterocycles. The summed E-state index contributed by atoms with van der Waals surface area (Å²) in [5.41, 5.74) is 0.361. The number of hydrogen-bond acceptors (Lipinski definition) is 5. The number of nitrogens with one attached hydrogen (secondary N) is 2. The quantitative estimate of drug-likeness (QED) is 0.717. The number of sulfone groups is 1. The Morgan fingerprint density at radius 2 is 1.62 bits per heavy atom. The molecule has 0 saturated heterocycles. The van der Waals surface area contributed by atoms with Crippen molar-refractivity contribution in [2.45, 2.75) is 16.2 Å². The van der Waals surface area contributed by atoms with E-state index in [1.54, 1.807) is 12.1 Å². The Kier molecular flexibility index (Phi) is 6.40.